The van der Waals surface area contributed by atoms with Gasteiger partial charge in [0, 0.05) is 37.1 Å². The Morgan fingerprint density at radius 3 is 2.29 bits per heavy atom. The molecule has 0 aliphatic carbocycles. The first-order valence-electron chi connectivity index (χ1n) is 11.2. The van der Waals surface area contributed by atoms with E-state index < -0.39 is 11.7 Å². The van der Waals surface area contributed by atoms with Gasteiger partial charge in [-0.05, 0) is 67.8 Å². The van der Waals surface area contributed by atoms with E-state index in [9.17, 15) is 18.0 Å². The maximum Gasteiger partial charge on any atom is 0.416 e. The molecule has 1 saturated heterocycles. The zero-order valence-corrected chi connectivity index (χ0v) is 19.3. The molecule has 1 aliphatic rings. The van der Waals surface area contributed by atoms with E-state index >= 15 is 0 Å². The Labute approximate surface area is 197 Å². The summed E-state index contributed by atoms with van der Waals surface area (Å²) >= 11 is 0. The van der Waals surface area contributed by atoms with Crippen molar-refractivity contribution in [1.82, 2.24) is 10.3 Å². The highest BCUT2D eigenvalue weighted by Crippen LogP contribution is 2.33. The van der Waals surface area contributed by atoms with E-state index in [0.29, 0.717) is 28.9 Å². The van der Waals surface area contributed by atoms with Crippen LogP contribution in [0.5, 0.6) is 0 Å². The first kappa shape index (κ1) is 23.8. The third kappa shape index (κ3) is 5.22. The Hall–Kier alpha value is -3.39. The fourth-order valence-electron chi connectivity index (χ4n) is 4.34. The summed E-state index contributed by atoms with van der Waals surface area (Å²) in [6, 6.07) is 14.7. The van der Waals surface area contributed by atoms with E-state index in [1.807, 2.05) is 19.1 Å². The van der Waals surface area contributed by atoms with Crippen molar-refractivity contribution in [2.45, 2.75) is 39.0 Å². The normalized spacial score (nSPS) is 18.6. The molecule has 0 spiro atoms. The van der Waals surface area contributed by atoms with Crippen molar-refractivity contribution in [2.75, 3.05) is 23.3 Å². The highest BCUT2D eigenvalue weighted by atomic mass is 19.4. The third-order valence-electron chi connectivity index (χ3n) is 6.00. The van der Waals surface area contributed by atoms with Crippen molar-refractivity contribution >= 4 is 17.4 Å². The van der Waals surface area contributed by atoms with Crippen LogP contribution >= 0.6 is 0 Å². The fourth-order valence-corrected chi connectivity index (χ4v) is 4.34. The van der Waals surface area contributed by atoms with E-state index in [1.54, 1.807) is 24.4 Å². The average molecular weight is 469 g/mol. The molecule has 1 aromatic heterocycles. The molecule has 2 heterocycles. The van der Waals surface area contributed by atoms with Crippen LogP contribution in [0.3, 0.4) is 0 Å². The summed E-state index contributed by atoms with van der Waals surface area (Å²) in [6.07, 6.45) is -2.81. The van der Waals surface area contributed by atoms with Crippen LogP contribution in [0.2, 0.25) is 0 Å². The molecule has 34 heavy (non-hydrogen) atoms. The van der Waals surface area contributed by atoms with E-state index in [0.717, 1.165) is 42.2 Å². The van der Waals surface area contributed by atoms with Crippen molar-refractivity contribution in [3.05, 3.63) is 77.5 Å². The van der Waals surface area contributed by atoms with Crippen LogP contribution in [0.1, 0.15) is 35.3 Å². The summed E-state index contributed by atoms with van der Waals surface area (Å²) in [5.41, 5.74) is 2.49. The molecule has 0 saturated carbocycles. The zero-order chi connectivity index (χ0) is 24.5. The second-order valence-electron chi connectivity index (χ2n) is 8.79. The minimum atomic E-state index is -4.38. The highest BCUT2D eigenvalue weighted by Gasteiger charge is 2.30. The maximum atomic E-state index is 12.9. The van der Waals surface area contributed by atoms with E-state index in [-0.39, 0.29) is 5.91 Å². The molecule has 2 atom stereocenters. The fraction of sp³-hybridized carbons (Fsp3) is 0.308. The largest absolute Gasteiger partial charge is 0.416 e. The predicted octanol–water partition coefficient (Wildman–Crippen LogP) is 5.51. The van der Waals surface area contributed by atoms with E-state index in [2.05, 4.69) is 34.4 Å². The Bertz CT molecular complexity index is 1150. The van der Waals surface area contributed by atoms with Gasteiger partial charge in [0.25, 0.3) is 5.91 Å². The van der Waals surface area contributed by atoms with Gasteiger partial charge in [0.2, 0.25) is 0 Å². The van der Waals surface area contributed by atoms with Gasteiger partial charge in [-0.1, -0.05) is 24.3 Å². The molecule has 1 amide bonds. The van der Waals surface area contributed by atoms with Gasteiger partial charge in [-0.25, -0.2) is 4.98 Å². The lowest BCUT2D eigenvalue weighted by atomic mass is 9.98. The number of aromatic nitrogens is 1. The van der Waals surface area contributed by atoms with Crippen LogP contribution in [0.15, 0.2) is 60.8 Å². The topological polar surface area (TPSA) is 57.3 Å². The lowest BCUT2D eigenvalue weighted by molar-refractivity contribution is -0.137. The number of alkyl halides is 3. The molecule has 3 aromatic rings. The first-order chi connectivity index (χ1) is 16.1. The molecule has 8 heteroatoms. The quantitative estimate of drug-likeness (QED) is 0.530. The van der Waals surface area contributed by atoms with E-state index in [1.165, 1.54) is 12.1 Å². The zero-order valence-electron chi connectivity index (χ0n) is 19.3. The molecule has 2 N–H and O–H groups in total. The molecular formula is C26H27F3N4O. The number of rotatable bonds is 4. The van der Waals surface area contributed by atoms with Gasteiger partial charge in [-0.15, -0.1) is 0 Å². The number of anilines is 2. The monoisotopic (exact) mass is 468 g/mol. The first-order valence-corrected chi connectivity index (χ1v) is 11.2. The Balaban J connectivity index is 1.49. The van der Waals surface area contributed by atoms with Gasteiger partial charge in [0.1, 0.15) is 5.82 Å². The Morgan fingerprint density at radius 1 is 1.03 bits per heavy atom. The van der Waals surface area contributed by atoms with Crippen LogP contribution in [0, 0.1) is 6.92 Å². The molecule has 0 radical (unpaired) electrons. The van der Waals surface area contributed by atoms with Crippen LogP contribution in [-0.2, 0) is 6.18 Å². The number of pyridine rings is 1. The second kappa shape index (κ2) is 9.46. The number of carbonyl (C=O) groups is 1. The van der Waals surface area contributed by atoms with Gasteiger partial charge in [0.15, 0.2) is 0 Å². The number of nitrogens with one attached hydrogen (secondary N) is 2. The molecule has 1 aliphatic heterocycles. The third-order valence-corrected chi connectivity index (χ3v) is 6.00. The Morgan fingerprint density at radius 2 is 1.71 bits per heavy atom. The van der Waals surface area contributed by atoms with Crippen LogP contribution in [-0.4, -0.2) is 36.1 Å². The van der Waals surface area contributed by atoms with Crippen molar-refractivity contribution in [1.29, 1.82) is 0 Å². The summed E-state index contributed by atoms with van der Waals surface area (Å²) < 4.78 is 38.6. The van der Waals surface area contributed by atoms with Crippen molar-refractivity contribution < 1.29 is 18.0 Å². The smallest absolute Gasteiger partial charge is 0.354 e. The molecule has 2 aromatic carbocycles. The number of piperazine rings is 1. The van der Waals surface area contributed by atoms with Crippen LogP contribution < -0.4 is 15.5 Å². The standard InChI is InChI=1S/C26H27F3N4O/c1-16-14-33(15-17(2)31-16)24-12-9-20(13-30-24)25(34)32-23-6-4-5-22(18(23)3)19-7-10-21(11-8-19)26(27,28)29/h4-13,16-17,31H,14-15H2,1-3H3,(H,32,34). The molecule has 2 unspecified atom stereocenters. The van der Waals surface area contributed by atoms with E-state index in [4.69, 9.17) is 0 Å². The number of benzene rings is 2. The summed E-state index contributed by atoms with van der Waals surface area (Å²) in [5, 5.41) is 6.39. The molecule has 178 valence electrons. The number of hydrogen-bond acceptors (Lipinski definition) is 4. The van der Waals surface area contributed by atoms with Gasteiger partial charge in [0.05, 0.1) is 11.1 Å². The molecule has 5 nitrogen and oxygen atoms in total. The SMILES string of the molecule is Cc1c(NC(=O)c2ccc(N3CC(C)NC(C)C3)nc2)cccc1-c1ccc(C(F)(F)F)cc1. The number of amides is 1. The van der Waals surface area contributed by atoms with Crippen molar-refractivity contribution in [3.8, 4) is 11.1 Å². The van der Waals surface area contributed by atoms with Gasteiger partial charge >= 0.3 is 6.18 Å². The lowest BCUT2D eigenvalue weighted by Gasteiger charge is -2.36. The summed E-state index contributed by atoms with van der Waals surface area (Å²) in [7, 11) is 0. The summed E-state index contributed by atoms with van der Waals surface area (Å²) in [5.74, 6) is 0.533. The lowest BCUT2D eigenvalue weighted by Crippen LogP contribution is -2.54. The number of hydrogen-bond donors (Lipinski definition) is 2. The number of carbonyl (C=O) groups excluding carboxylic acids is 1. The average Bonchev–Trinajstić information content (AvgIpc) is 2.79. The molecule has 0 bridgehead atoms. The predicted molar refractivity (Wildman–Crippen MR) is 128 cm³/mol. The summed E-state index contributed by atoms with van der Waals surface area (Å²) in [4.78, 5) is 19.6. The number of nitrogens with zero attached hydrogens (tertiary/aromatic N) is 2. The van der Waals surface area contributed by atoms with Crippen LogP contribution in [0.25, 0.3) is 11.1 Å². The van der Waals surface area contributed by atoms with Crippen molar-refractivity contribution in [3.63, 3.8) is 0 Å². The molecule has 1 fully saturated rings. The minimum absolute atomic E-state index is 0.297. The Kier molecular flexibility index (Phi) is 6.61. The maximum absolute atomic E-state index is 12.9. The second-order valence-corrected chi connectivity index (χ2v) is 8.79. The number of halogens is 3. The molecular weight excluding hydrogens is 441 g/mol. The van der Waals surface area contributed by atoms with Gasteiger partial charge < -0.3 is 15.5 Å². The van der Waals surface area contributed by atoms with Gasteiger partial charge in [-0.3, -0.25) is 4.79 Å². The minimum Gasteiger partial charge on any atom is -0.354 e. The summed E-state index contributed by atoms with van der Waals surface area (Å²) in [6.45, 7) is 7.78. The van der Waals surface area contributed by atoms with Gasteiger partial charge in [-0.2, -0.15) is 13.2 Å². The van der Waals surface area contributed by atoms with Crippen LogP contribution in [0.4, 0.5) is 24.7 Å². The highest BCUT2D eigenvalue weighted by molar-refractivity contribution is 6.05. The van der Waals surface area contributed by atoms with Crippen molar-refractivity contribution in [2.24, 2.45) is 0 Å². The molecule has 4 rings (SSSR count).